The van der Waals surface area contributed by atoms with Crippen LogP contribution < -0.4 is 24.1 Å². The molecule has 0 radical (unpaired) electrons. The monoisotopic (exact) mass is 463 g/mol. The summed E-state index contributed by atoms with van der Waals surface area (Å²) in [6.07, 6.45) is 0. The highest BCUT2D eigenvalue weighted by atomic mass is 80.0. The maximum atomic E-state index is 8.63. The third-order valence-electron chi connectivity index (χ3n) is 3.83. The number of hydrogen-bond donors (Lipinski definition) is 2. The van der Waals surface area contributed by atoms with E-state index in [9.17, 15) is 0 Å². The molecule has 146 valence electrons. The Morgan fingerprint density at radius 3 is 2.11 bits per heavy atom. The number of para-hydroxylation sites is 1. The Morgan fingerprint density at radius 1 is 1.00 bits per heavy atom. The van der Waals surface area contributed by atoms with E-state index in [1.165, 1.54) is 4.88 Å². The van der Waals surface area contributed by atoms with E-state index in [4.69, 9.17) is 17.7 Å². The molecule has 0 saturated carbocycles. The average Bonchev–Trinajstić information content (AvgIpc) is 3.27. The van der Waals surface area contributed by atoms with E-state index in [0.29, 0.717) is 0 Å². The van der Waals surface area contributed by atoms with Crippen molar-refractivity contribution in [3.63, 3.8) is 0 Å². The fourth-order valence-corrected chi connectivity index (χ4v) is 3.30. The van der Waals surface area contributed by atoms with Gasteiger partial charge in [-0.1, -0.05) is 59.9 Å². The highest BCUT2D eigenvalue weighted by Crippen LogP contribution is 2.30. The van der Waals surface area contributed by atoms with Gasteiger partial charge in [-0.05, 0) is 30.2 Å². The molecule has 8 nitrogen and oxygen atoms in total. The van der Waals surface area contributed by atoms with E-state index in [0.717, 1.165) is 27.9 Å². The number of aryl methyl sites for hydroxylation is 2. The van der Waals surface area contributed by atoms with Gasteiger partial charge in [0.2, 0.25) is 5.13 Å². The van der Waals surface area contributed by atoms with Gasteiger partial charge in [-0.25, -0.2) is 4.98 Å². The Balaban J connectivity index is 0.000000516. The zero-order valence-electron chi connectivity index (χ0n) is 15.1. The van der Waals surface area contributed by atoms with Gasteiger partial charge < -0.3 is 8.40 Å². The van der Waals surface area contributed by atoms with Crippen LogP contribution in [0.25, 0.3) is 0 Å². The van der Waals surface area contributed by atoms with Crippen LogP contribution in [0.5, 0.6) is 0 Å². The van der Waals surface area contributed by atoms with Gasteiger partial charge >= 0.3 is 14.8 Å². The molecule has 0 atom stereocenters. The molecular weight excluding hydrogens is 446 g/mol. The molecule has 1 aliphatic heterocycles. The van der Waals surface area contributed by atoms with Crippen molar-refractivity contribution in [3.8, 4) is 0 Å². The number of rotatable bonds is 3. The molecule has 28 heavy (non-hydrogen) atoms. The second kappa shape index (κ2) is 9.13. The maximum absolute atomic E-state index is 8.63. The first-order valence-electron chi connectivity index (χ1n) is 8.20. The van der Waals surface area contributed by atoms with Crippen LogP contribution in [-0.2, 0) is 0 Å². The van der Waals surface area contributed by atoms with Gasteiger partial charge in [-0.15, -0.1) is 15.3 Å². The average molecular weight is 464 g/mol. The van der Waals surface area contributed by atoms with Gasteiger partial charge in [-0.3, -0.25) is 5.43 Å². The molecule has 2 heterocycles. The standard InChI is InChI=1S/C18H17N5S.BrHO3/c1-13-14(2)24-18(19-13)23-21-17(15-9-5-3-6-10-15)20-22(23)16-11-7-4-8-12-16;2-1(3)4/h3-12H,1-2H3,(H,20,21);2H. The summed E-state index contributed by atoms with van der Waals surface area (Å²) >= 11 is -1.75. The fourth-order valence-electron chi connectivity index (χ4n) is 2.44. The van der Waals surface area contributed by atoms with Crippen LogP contribution in [0.1, 0.15) is 16.1 Å². The summed E-state index contributed by atoms with van der Waals surface area (Å²) in [7, 11) is 0. The summed E-state index contributed by atoms with van der Waals surface area (Å²) in [5.41, 5.74) is 6.42. The molecule has 0 amide bonds. The van der Waals surface area contributed by atoms with Gasteiger partial charge in [0.25, 0.3) is 0 Å². The largest absolute Gasteiger partial charge is 0.433 e. The molecule has 2 N–H and O–H groups in total. The highest BCUT2D eigenvalue weighted by Gasteiger charge is 2.28. The molecule has 10 heteroatoms. The molecule has 0 spiro atoms. The number of aromatic nitrogens is 1. The van der Waals surface area contributed by atoms with Crippen LogP contribution in [0, 0.1) is 28.7 Å². The smallest absolute Gasteiger partial charge is 0.372 e. The lowest BCUT2D eigenvalue weighted by molar-refractivity contribution is -1.63. The van der Waals surface area contributed by atoms with Gasteiger partial charge in [0.05, 0.1) is 11.4 Å². The second-order valence-electron chi connectivity index (χ2n) is 5.70. The first-order valence-corrected chi connectivity index (χ1v) is 11.0. The summed E-state index contributed by atoms with van der Waals surface area (Å²) in [6, 6.07) is 20.1. The number of halogens is 1. The molecule has 2 aromatic carbocycles. The Bertz CT molecular complexity index is 915. The molecular formula is C18H18BrN5O3S. The second-order valence-corrected chi connectivity index (χ2v) is 7.73. The summed E-state index contributed by atoms with van der Waals surface area (Å²) in [4.78, 5) is 5.86. The number of nitrogens with one attached hydrogen (secondary N) is 1. The molecule has 1 aromatic heterocycles. The van der Waals surface area contributed by atoms with Crippen molar-refractivity contribution in [3.05, 3.63) is 76.8 Å². The number of hydrazine groups is 2. The van der Waals surface area contributed by atoms with E-state index in [1.54, 1.807) is 11.3 Å². The summed E-state index contributed by atoms with van der Waals surface area (Å²) in [5, 5.41) is 9.36. The Hall–Kier alpha value is -2.50. The molecule has 0 fully saturated rings. The predicted octanol–water partition coefficient (Wildman–Crippen LogP) is 0.933. The van der Waals surface area contributed by atoms with Crippen molar-refractivity contribution >= 4 is 28.0 Å². The number of nitrogens with zero attached hydrogens (tertiary/aromatic N) is 4. The molecule has 0 bridgehead atoms. The number of thiazole rings is 1. The third-order valence-corrected chi connectivity index (χ3v) is 4.88. The quantitative estimate of drug-likeness (QED) is 0.594. The summed E-state index contributed by atoms with van der Waals surface area (Å²) in [6.45, 7) is 4.11. The minimum Gasteiger partial charge on any atom is -0.372 e. The topological polar surface area (TPSA) is 110 Å². The zero-order chi connectivity index (χ0) is 20.1. The minimum atomic E-state index is -3.40. The van der Waals surface area contributed by atoms with Gasteiger partial charge in [0, 0.05) is 10.4 Å². The van der Waals surface area contributed by atoms with Crippen molar-refractivity contribution in [2.24, 2.45) is 5.10 Å². The van der Waals surface area contributed by atoms with Crippen LogP contribution >= 0.6 is 11.3 Å². The van der Waals surface area contributed by atoms with Crippen LogP contribution in [-0.4, -0.2) is 15.0 Å². The van der Waals surface area contributed by atoms with E-state index in [2.05, 4.69) is 17.3 Å². The van der Waals surface area contributed by atoms with Gasteiger partial charge in [0.1, 0.15) is 0 Å². The number of hydrogen-bond acceptors (Lipinski definition) is 9. The molecule has 0 aliphatic carbocycles. The van der Waals surface area contributed by atoms with E-state index >= 15 is 0 Å². The number of hydrazone groups is 1. The first kappa shape index (κ1) is 20.2. The Kier molecular flexibility index (Phi) is 6.60. The van der Waals surface area contributed by atoms with E-state index in [1.807, 2.05) is 77.8 Å². The van der Waals surface area contributed by atoms with Crippen LogP contribution in [0.15, 0.2) is 65.8 Å². The lowest BCUT2D eigenvalue weighted by Crippen LogP contribution is -2.44. The summed E-state index contributed by atoms with van der Waals surface area (Å²) < 4.78 is 24.3. The maximum Gasteiger partial charge on any atom is 0.433 e. The van der Waals surface area contributed by atoms with Crippen molar-refractivity contribution in [1.82, 2.24) is 10.4 Å². The number of benzene rings is 2. The Morgan fingerprint density at radius 2 is 1.57 bits per heavy atom. The third kappa shape index (κ3) is 4.86. The molecule has 0 saturated heterocycles. The minimum absolute atomic E-state index is 0.796. The van der Waals surface area contributed by atoms with Crippen molar-refractivity contribution in [2.45, 2.75) is 13.8 Å². The normalized spacial score (nSPS) is 13.1. The lowest BCUT2D eigenvalue weighted by atomic mass is 10.2. The van der Waals surface area contributed by atoms with Crippen LogP contribution in [0.2, 0.25) is 0 Å². The van der Waals surface area contributed by atoms with E-state index < -0.39 is 14.8 Å². The fraction of sp³-hybridized carbons (Fsp3) is 0.111. The van der Waals surface area contributed by atoms with Crippen molar-refractivity contribution in [1.29, 1.82) is 0 Å². The predicted molar refractivity (Wildman–Crippen MR) is 101 cm³/mol. The molecule has 3 aromatic rings. The SMILES string of the molecule is Cc1nc(N2NC(c3ccccc3)=NN2c2ccccc2)sc1C.[O-][Br+2]([O-])O. The van der Waals surface area contributed by atoms with Gasteiger partial charge in [-0.2, -0.15) is 0 Å². The number of anilines is 2. The lowest BCUT2D eigenvalue weighted by Gasteiger charge is -2.25. The van der Waals surface area contributed by atoms with Gasteiger partial charge in [0.15, 0.2) is 5.84 Å². The number of amidine groups is 1. The summed E-state index contributed by atoms with van der Waals surface area (Å²) in [5.74, 6) is 0.796. The van der Waals surface area contributed by atoms with E-state index in [-0.39, 0.29) is 0 Å². The Labute approximate surface area is 171 Å². The molecule has 0 unspecified atom stereocenters. The van der Waals surface area contributed by atoms with Crippen molar-refractivity contribution < 1.29 is 27.4 Å². The van der Waals surface area contributed by atoms with Crippen LogP contribution in [0.4, 0.5) is 10.8 Å². The highest BCUT2D eigenvalue weighted by molar-refractivity contribution is 7.15. The molecule has 4 rings (SSSR count). The zero-order valence-corrected chi connectivity index (χ0v) is 17.5. The first-order chi connectivity index (χ1) is 13.5. The van der Waals surface area contributed by atoms with Crippen molar-refractivity contribution in [2.75, 3.05) is 10.2 Å². The van der Waals surface area contributed by atoms with Crippen LogP contribution in [0.3, 0.4) is 0 Å². The molecule has 1 aliphatic rings.